The van der Waals surface area contributed by atoms with E-state index in [0.717, 1.165) is 26.0 Å². The Balaban J connectivity index is 1.58. The van der Waals surface area contributed by atoms with Crippen molar-refractivity contribution < 1.29 is 9.84 Å². The highest BCUT2D eigenvalue weighted by molar-refractivity contribution is 5.11. The van der Waals surface area contributed by atoms with Crippen LogP contribution < -0.4 is 5.32 Å². The van der Waals surface area contributed by atoms with Crippen LogP contribution in [-0.4, -0.2) is 36.0 Å². The van der Waals surface area contributed by atoms with Crippen LogP contribution in [0, 0.1) is 11.3 Å². The Morgan fingerprint density at radius 2 is 2.12 bits per heavy atom. The minimum absolute atomic E-state index is 0.237. The molecule has 2 aliphatic carbocycles. The first kappa shape index (κ1) is 11.0. The lowest BCUT2D eigenvalue weighted by molar-refractivity contribution is -0.122. The van der Waals surface area contributed by atoms with Crippen molar-refractivity contribution in [3.05, 3.63) is 0 Å². The molecule has 3 aliphatic rings. The van der Waals surface area contributed by atoms with Crippen LogP contribution in [0.4, 0.5) is 0 Å². The highest BCUT2D eigenvalue weighted by Crippen LogP contribution is 2.52. The van der Waals surface area contributed by atoms with Crippen molar-refractivity contribution in [1.29, 1.82) is 0 Å². The standard InChI is InChI=1S/C13H23NO2/c1-12(2)10(9-4-7-16-11(9)12)14-8-13(15)5-3-6-13/h9-11,14-15H,3-8H2,1-2H3. The minimum atomic E-state index is -0.402. The van der Waals surface area contributed by atoms with Crippen LogP contribution in [0.25, 0.3) is 0 Å². The first-order valence-electron chi connectivity index (χ1n) is 6.60. The van der Waals surface area contributed by atoms with Gasteiger partial charge in [0.1, 0.15) is 0 Å². The van der Waals surface area contributed by atoms with E-state index in [2.05, 4.69) is 19.2 Å². The van der Waals surface area contributed by atoms with Gasteiger partial charge in [0, 0.05) is 30.5 Å². The summed E-state index contributed by atoms with van der Waals surface area (Å²) in [6.45, 7) is 6.25. The molecule has 3 unspecified atom stereocenters. The van der Waals surface area contributed by atoms with E-state index in [9.17, 15) is 5.11 Å². The molecule has 1 heterocycles. The molecular formula is C13H23NO2. The van der Waals surface area contributed by atoms with Crippen LogP contribution in [0.1, 0.15) is 39.5 Å². The van der Waals surface area contributed by atoms with E-state index in [4.69, 9.17) is 4.74 Å². The quantitative estimate of drug-likeness (QED) is 0.761. The zero-order valence-corrected chi connectivity index (χ0v) is 10.3. The van der Waals surface area contributed by atoms with Crippen molar-refractivity contribution in [1.82, 2.24) is 5.32 Å². The maximum absolute atomic E-state index is 10.1. The molecule has 3 nitrogen and oxygen atoms in total. The Kier molecular flexibility index (Phi) is 2.36. The van der Waals surface area contributed by atoms with Gasteiger partial charge in [-0.1, -0.05) is 13.8 Å². The third-order valence-corrected chi connectivity index (χ3v) is 5.04. The average Bonchev–Trinajstić information content (AvgIpc) is 2.61. The molecule has 3 atom stereocenters. The average molecular weight is 225 g/mol. The summed E-state index contributed by atoms with van der Waals surface area (Å²) in [5.41, 5.74) is -0.165. The molecule has 16 heavy (non-hydrogen) atoms. The summed E-state index contributed by atoms with van der Waals surface area (Å²) in [4.78, 5) is 0. The van der Waals surface area contributed by atoms with Gasteiger partial charge < -0.3 is 15.2 Å². The van der Waals surface area contributed by atoms with Crippen molar-refractivity contribution in [2.75, 3.05) is 13.2 Å². The number of fused-ring (bicyclic) bond motifs is 1. The molecule has 2 saturated carbocycles. The summed E-state index contributed by atoms with van der Waals surface area (Å²) in [5, 5.41) is 13.7. The topological polar surface area (TPSA) is 41.5 Å². The van der Waals surface area contributed by atoms with Gasteiger partial charge in [-0.3, -0.25) is 0 Å². The Morgan fingerprint density at radius 3 is 2.75 bits per heavy atom. The highest BCUT2D eigenvalue weighted by Gasteiger charge is 2.59. The lowest BCUT2D eigenvalue weighted by atomic mass is 9.57. The number of hydrogen-bond donors (Lipinski definition) is 2. The Morgan fingerprint density at radius 1 is 1.38 bits per heavy atom. The molecule has 0 amide bonds. The fourth-order valence-corrected chi connectivity index (χ4v) is 3.80. The van der Waals surface area contributed by atoms with Gasteiger partial charge in [0.15, 0.2) is 0 Å². The van der Waals surface area contributed by atoms with Crippen LogP contribution in [0.5, 0.6) is 0 Å². The zero-order chi connectivity index (χ0) is 11.4. The molecule has 3 rings (SSSR count). The fourth-order valence-electron chi connectivity index (χ4n) is 3.80. The van der Waals surface area contributed by atoms with Crippen molar-refractivity contribution in [2.45, 2.75) is 57.3 Å². The Labute approximate surface area is 97.6 Å². The Bertz CT molecular complexity index is 286. The lowest BCUT2D eigenvalue weighted by Gasteiger charge is -2.56. The number of nitrogens with one attached hydrogen (secondary N) is 1. The molecule has 0 aromatic carbocycles. The van der Waals surface area contributed by atoms with E-state index in [0.29, 0.717) is 18.1 Å². The normalized spacial score (nSPS) is 43.3. The Hall–Kier alpha value is -0.120. The molecular weight excluding hydrogens is 202 g/mol. The van der Waals surface area contributed by atoms with E-state index in [1.807, 2.05) is 0 Å². The molecule has 3 heteroatoms. The number of rotatable bonds is 3. The van der Waals surface area contributed by atoms with Gasteiger partial charge in [0.2, 0.25) is 0 Å². The van der Waals surface area contributed by atoms with Crippen LogP contribution in [-0.2, 0) is 4.74 Å². The summed E-state index contributed by atoms with van der Waals surface area (Å²) in [6.07, 6.45) is 4.75. The monoisotopic (exact) mass is 225 g/mol. The lowest BCUT2D eigenvalue weighted by Crippen LogP contribution is -2.67. The summed E-state index contributed by atoms with van der Waals surface area (Å²) >= 11 is 0. The summed E-state index contributed by atoms with van der Waals surface area (Å²) in [5.74, 6) is 0.679. The van der Waals surface area contributed by atoms with E-state index in [1.165, 1.54) is 12.8 Å². The van der Waals surface area contributed by atoms with E-state index >= 15 is 0 Å². The van der Waals surface area contributed by atoms with Crippen LogP contribution in [0.3, 0.4) is 0 Å². The van der Waals surface area contributed by atoms with Crippen molar-refractivity contribution in [3.63, 3.8) is 0 Å². The third kappa shape index (κ3) is 1.45. The van der Waals surface area contributed by atoms with Crippen molar-refractivity contribution >= 4 is 0 Å². The molecule has 0 aromatic heterocycles. The molecule has 92 valence electrons. The van der Waals surface area contributed by atoms with E-state index in [-0.39, 0.29) is 5.41 Å². The molecule has 0 bridgehead atoms. The van der Waals surface area contributed by atoms with Crippen LogP contribution >= 0.6 is 0 Å². The molecule has 0 radical (unpaired) electrons. The zero-order valence-electron chi connectivity index (χ0n) is 10.3. The third-order valence-electron chi connectivity index (χ3n) is 5.04. The summed E-state index contributed by atoms with van der Waals surface area (Å²) < 4.78 is 5.77. The van der Waals surface area contributed by atoms with E-state index < -0.39 is 5.60 Å². The minimum Gasteiger partial charge on any atom is -0.389 e. The second-order valence-corrected chi connectivity index (χ2v) is 6.50. The predicted molar refractivity (Wildman–Crippen MR) is 62.2 cm³/mol. The van der Waals surface area contributed by atoms with Gasteiger partial charge in [0.05, 0.1) is 11.7 Å². The predicted octanol–water partition coefficient (Wildman–Crippen LogP) is 1.30. The molecule has 0 aromatic rings. The van der Waals surface area contributed by atoms with Crippen LogP contribution in [0.2, 0.25) is 0 Å². The van der Waals surface area contributed by atoms with Gasteiger partial charge in [-0.15, -0.1) is 0 Å². The number of ether oxygens (including phenoxy) is 1. The molecule has 1 saturated heterocycles. The first-order valence-corrected chi connectivity index (χ1v) is 6.60. The second-order valence-electron chi connectivity index (χ2n) is 6.50. The number of hydrogen-bond acceptors (Lipinski definition) is 3. The first-order chi connectivity index (χ1) is 7.53. The van der Waals surface area contributed by atoms with Crippen molar-refractivity contribution in [2.24, 2.45) is 11.3 Å². The maximum atomic E-state index is 10.1. The van der Waals surface area contributed by atoms with Gasteiger partial charge in [-0.05, 0) is 25.7 Å². The van der Waals surface area contributed by atoms with Gasteiger partial charge in [-0.25, -0.2) is 0 Å². The molecule has 0 spiro atoms. The highest BCUT2D eigenvalue weighted by atomic mass is 16.5. The maximum Gasteiger partial charge on any atom is 0.0771 e. The largest absolute Gasteiger partial charge is 0.389 e. The van der Waals surface area contributed by atoms with E-state index in [1.54, 1.807) is 0 Å². The smallest absolute Gasteiger partial charge is 0.0771 e. The fraction of sp³-hybridized carbons (Fsp3) is 1.00. The second kappa shape index (κ2) is 3.44. The molecule has 2 N–H and O–H groups in total. The van der Waals surface area contributed by atoms with Gasteiger partial charge in [-0.2, -0.15) is 0 Å². The van der Waals surface area contributed by atoms with Gasteiger partial charge in [0.25, 0.3) is 0 Å². The van der Waals surface area contributed by atoms with Gasteiger partial charge >= 0.3 is 0 Å². The van der Waals surface area contributed by atoms with Crippen LogP contribution in [0.15, 0.2) is 0 Å². The SMILES string of the molecule is CC1(C)C(NCC2(O)CCC2)C2CCOC21. The number of aliphatic hydroxyl groups is 1. The molecule has 1 aliphatic heterocycles. The van der Waals surface area contributed by atoms with Crippen molar-refractivity contribution in [3.8, 4) is 0 Å². The summed E-state index contributed by atoms with van der Waals surface area (Å²) in [6, 6.07) is 0.532. The molecule has 3 fully saturated rings. The summed E-state index contributed by atoms with van der Waals surface area (Å²) in [7, 11) is 0.